The second-order valence-corrected chi connectivity index (χ2v) is 9.42. The molecule has 0 heterocycles. The summed E-state index contributed by atoms with van der Waals surface area (Å²) in [5.74, 6) is 1.35. The Balaban J connectivity index is 0.000000246. The zero-order valence-corrected chi connectivity index (χ0v) is 21.6. The molecule has 178 valence electrons. The third-order valence-corrected chi connectivity index (χ3v) is 5.63. The summed E-state index contributed by atoms with van der Waals surface area (Å²) in [5.41, 5.74) is 4.22. The van der Waals surface area contributed by atoms with Crippen molar-refractivity contribution in [2.45, 2.75) is 41.0 Å². The van der Waals surface area contributed by atoms with Gasteiger partial charge in [-0.3, -0.25) is 9.59 Å². The van der Waals surface area contributed by atoms with Crippen molar-refractivity contribution in [3.8, 4) is 11.5 Å². The molecule has 0 atom stereocenters. The summed E-state index contributed by atoms with van der Waals surface area (Å²) in [7, 11) is 0. The Kier molecular flexibility index (Phi) is 10.2. The lowest BCUT2D eigenvalue weighted by atomic mass is 9.94. The van der Waals surface area contributed by atoms with E-state index in [1.54, 1.807) is 45.1 Å². The number of hydrogen-bond donors (Lipinski definition) is 0. The lowest BCUT2D eigenvalue weighted by Crippen LogP contribution is -2.41. The Morgan fingerprint density at radius 2 is 1.68 bits per heavy atom. The molecule has 0 bridgehead atoms. The second-order valence-electron chi connectivity index (χ2n) is 8.58. The molecule has 0 saturated carbocycles. The fraction of sp³-hybridized carbons (Fsp3) is 0.276. The fourth-order valence-corrected chi connectivity index (χ4v) is 3.65. The second kappa shape index (κ2) is 12.8. The van der Waals surface area contributed by atoms with Crippen LogP contribution in [0, 0.1) is 5.41 Å². The summed E-state index contributed by atoms with van der Waals surface area (Å²) in [5, 5.41) is 0. The van der Waals surface area contributed by atoms with Crippen molar-refractivity contribution >= 4 is 23.6 Å². The molecule has 0 N–H and O–H groups in total. The van der Waals surface area contributed by atoms with E-state index in [0.717, 1.165) is 22.8 Å². The van der Waals surface area contributed by atoms with E-state index >= 15 is 0 Å². The van der Waals surface area contributed by atoms with E-state index in [0.29, 0.717) is 5.70 Å². The Morgan fingerprint density at radius 3 is 2.26 bits per heavy atom. The summed E-state index contributed by atoms with van der Waals surface area (Å²) >= 11 is 1.49. The van der Waals surface area contributed by atoms with Gasteiger partial charge in [-0.1, -0.05) is 70.2 Å². The minimum absolute atomic E-state index is 0.207. The van der Waals surface area contributed by atoms with Crippen molar-refractivity contribution < 1.29 is 14.3 Å². The average molecular weight is 476 g/mol. The van der Waals surface area contributed by atoms with Gasteiger partial charge in [-0.2, -0.15) is 0 Å². The maximum atomic E-state index is 12.5. The van der Waals surface area contributed by atoms with E-state index in [2.05, 4.69) is 18.7 Å². The highest BCUT2D eigenvalue weighted by molar-refractivity contribution is 8.02. The lowest BCUT2D eigenvalue weighted by Gasteiger charge is -2.28. The van der Waals surface area contributed by atoms with E-state index in [4.69, 9.17) is 4.74 Å². The van der Waals surface area contributed by atoms with Gasteiger partial charge < -0.3 is 4.74 Å². The van der Waals surface area contributed by atoms with Crippen LogP contribution in [0.5, 0.6) is 11.5 Å². The van der Waals surface area contributed by atoms with E-state index in [1.165, 1.54) is 29.1 Å². The first-order chi connectivity index (χ1) is 16.2. The monoisotopic (exact) mass is 475 g/mol. The van der Waals surface area contributed by atoms with Gasteiger partial charge in [0.1, 0.15) is 11.5 Å². The van der Waals surface area contributed by atoms with Gasteiger partial charge in [0, 0.05) is 17.2 Å². The van der Waals surface area contributed by atoms with E-state index < -0.39 is 5.41 Å². The highest BCUT2D eigenvalue weighted by atomic mass is 32.2. The molecule has 2 aromatic carbocycles. The molecule has 0 unspecified atom stereocenters. The van der Waals surface area contributed by atoms with Gasteiger partial charge in [-0.25, -0.2) is 4.90 Å². The van der Waals surface area contributed by atoms with Gasteiger partial charge in [0.2, 0.25) is 11.8 Å². The largest absolute Gasteiger partial charge is 0.457 e. The minimum Gasteiger partial charge on any atom is -0.457 e. The molecule has 0 fully saturated rings. The molecule has 0 aliphatic heterocycles. The molecule has 5 heteroatoms. The van der Waals surface area contributed by atoms with Crippen molar-refractivity contribution in [3.05, 3.63) is 101 Å². The number of nitrogens with zero attached hydrogens (tertiary/aromatic N) is 1. The number of imide groups is 1. The van der Waals surface area contributed by atoms with Crippen LogP contribution in [0.25, 0.3) is 0 Å². The number of ether oxygens (including phenoxy) is 1. The number of para-hydroxylation sites is 2. The Morgan fingerprint density at radius 1 is 1.03 bits per heavy atom. The van der Waals surface area contributed by atoms with Crippen molar-refractivity contribution in [2.24, 2.45) is 5.41 Å². The fourth-order valence-electron chi connectivity index (χ4n) is 3.09. The van der Waals surface area contributed by atoms with Gasteiger partial charge in [0.05, 0.1) is 5.70 Å². The standard InChI is InChI=1S/C15H19NO2S.C14H14O/c1-11(17)16(14(18)15(2,3)4)12-9-7-6-8-10-13(12)19-5;1-2-12-8-6-7-11-14(12)15-13-9-4-3-5-10-13/h6-7,9-10H,1-5H3;3-11H,2H2,1H3. The van der Waals surface area contributed by atoms with Crippen LogP contribution in [-0.2, 0) is 16.0 Å². The number of hydrogen-bond acceptors (Lipinski definition) is 4. The smallest absolute Gasteiger partial charge is 0.239 e. The topological polar surface area (TPSA) is 46.6 Å². The summed E-state index contributed by atoms with van der Waals surface area (Å²) in [6.45, 7) is 8.95. The van der Waals surface area contributed by atoms with Gasteiger partial charge in [0.25, 0.3) is 0 Å². The molecular weight excluding hydrogens is 442 g/mol. The maximum absolute atomic E-state index is 12.5. The van der Waals surface area contributed by atoms with Gasteiger partial charge >= 0.3 is 0 Å². The van der Waals surface area contributed by atoms with E-state index in [-0.39, 0.29) is 11.8 Å². The first-order valence-electron chi connectivity index (χ1n) is 11.2. The number of carbonyl (C=O) groups is 2. The number of amides is 2. The van der Waals surface area contributed by atoms with Crippen LogP contribution in [-0.4, -0.2) is 23.0 Å². The number of rotatable bonds is 5. The first-order valence-corrected chi connectivity index (χ1v) is 12.4. The highest BCUT2D eigenvalue weighted by Gasteiger charge is 2.32. The van der Waals surface area contributed by atoms with Crippen LogP contribution < -0.4 is 4.74 Å². The van der Waals surface area contributed by atoms with Crippen molar-refractivity contribution in [1.82, 2.24) is 4.90 Å². The molecule has 0 saturated heterocycles. The molecule has 1 aliphatic rings. The van der Waals surface area contributed by atoms with Crippen LogP contribution in [0.15, 0.2) is 95.2 Å². The zero-order chi connectivity index (χ0) is 25.1. The van der Waals surface area contributed by atoms with Crippen LogP contribution in [0.3, 0.4) is 0 Å². The SMILES string of the molecule is CCc1ccccc1Oc1ccccc1.CSC1=C(N(C(C)=O)C(=O)C(C)(C)C)C=CC=C=C1. The van der Waals surface area contributed by atoms with E-state index in [9.17, 15) is 9.59 Å². The first kappa shape index (κ1) is 27.0. The number of carbonyl (C=O) groups excluding carboxylic acids is 2. The van der Waals surface area contributed by atoms with Gasteiger partial charge in [-0.15, -0.1) is 17.5 Å². The van der Waals surface area contributed by atoms with Crippen molar-refractivity contribution in [3.63, 3.8) is 0 Å². The van der Waals surface area contributed by atoms with Gasteiger partial charge in [-0.05, 0) is 54.7 Å². The Hall–Kier alpha value is -3.27. The normalized spacial score (nSPS) is 12.5. The molecule has 0 radical (unpaired) electrons. The lowest BCUT2D eigenvalue weighted by molar-refractivity contribution is -0.146. The molecule has 0 aromatic heterocycles. The van der Waals surface area contributed by atoms with Crippen LogP contribution >= 0.6 is 11.8 Å². The summed E-state index contributed by atoms with van der Waals surface area (Å²) in [4.78, 5) is 26.4. The molecular formula is C29H33NO3S. The molecule has 3 rings (SSSR count). The molecule has 2 amide bonds. The number of aryl methyl sites for hydroxylation is 1. The maximum Gasteiger partial charge on any atom is 0.239 e. The van der Waals surface area contributed by atoms with Crippen molar-refractivity contribution in [2.75, 3.05) is 6.26 Å². The third-order valence-electron chi connectivity index (χ3n) is 4.86. The van der Waals surface area contributed by atoms with Crippen LogP contribution in [0.1, 0.15) is 40.2 Å². The molecule has 2 aromatic rings. The third kappa shape index (κ3) is 7.65. The highest BCUT2D eigenvalue weighted by Crippen LogP contribution is 2.28. The van der Waals surface area contributed by atoms with Gasteiger partial charge in [0.15, 0.2) is 0 Å². The Labute approximate surface area is 207 Å². The summed E-state index contributed by atoms with van der Waals surface area (Å²) in [6, 6.07) is 18.0. The quantitative estimate of drug-likeness (QED) is 0.426. The number of thioether (sulfide) groups is 1. The molecule has 1 aliphatic carbocycles. The number of benzene rings is 2. The predicted octanol–water partition coefficient (Wildman–Crippen LogP) is 7.30. The van der Waals surface area contributed by atoms with Crippen molar-refractivity contribution in [1.29, 1.82) is 0 Å². The minimum atomic E-state index is -0.612. The molecule has 4 nitrogen and oxygen atoms in total. The molecule has 34 heavy (non-hydrogen) atoms. The Bertz CT molecular complexity index is 1120. The zero-order valence-electron chi connectivity index (χ0n) is 20.8. The van der Waals surface area contributed by atoms with Crippen LogP contribution in [0.2, 0.25) is 0 Å². The van der Waals surface area contributed by atoms with E-state index in [1.807, 2.05) is 54.8 Å². The predicted molar refractivity (Wildman–Crippen MR) is 142 cm³/mol. The summed E-state index contributed by atoms with van der Waals surface area (Å²) in [6.07, 6.45) is 9.98. The summed E-state index contributed by atoms with van der Waals surface area (Å²) < 4.78 is 5.80. The number of allylic oxidation sites excluding steroid dienone is 3. The van der Waals surface area contributed by atoms with Crippen LogP contribution in [0.4, 0.5) is 0 Å². The molecule has 0 spiro atoms. The average Bonchev–Trinajstić information content (AvgIpc) is 3.05.